The number of nitrogens with one attached hydrogen (secondary N) is 2. The highest BCUT2D eigenvalue weighted by Gasteiger charge is 2.33. The number of nitrogens with zero attached hydrogens (tertiary/aromatic N) is 1. The molecule has 3 rings (SSSR count). The summed E-state index contributed by atoms with van der Waals surface area (Å²) < 4.78 is 5.41. The van der Waals surface area contributed by atoms with Gasteiger partial charge in [-0.2, -0.15) is 0 Å². The standard InChI is InChI=1S/C28H31N3O3S/c1-28(2,26(32)31(3)23-17-11-6-12-18-23)30-25(35)24(19-21-13-7-4-8-14-21)29-27(33)34-20-22-15-9-5-10-16-22/h4-18,24H,19-20H2,1-3H3,(H,29,33)(H,30,35)/t24-/m0/s1. The molecule has 0 saturated carbocycles. The topological polar surface area (TPSA) is 70.7 Å². The summed E-state index contributed by atoms with van der Waals surface area (Å²) in [6.45, 7) is 3.69. The number of benzene rings is 3. The minimum absolute atomic E-state index is 0.150. The van der Waals surface area contributed by atoms with Crippen molar-refractivity contribution in [3.8, 4) is 0 Å². The van der Waals surface area contributed by atoms with E-state index in [0.717, 1.165) is 16.8 Å². The fourth-order valence-electron chi connectivity index (χ4n) is 3.60. The molecule has 35 heavy (non-hydrogen) atoms. The Morgan fingerprint density at radius 3 is 1.97 bits per heavy atom. The molecule has 7 heteroatoms. The van der Waals surface area contributed by atoms with Crippen LogP contribution in [0.15, 0.2) is 91.0 Å². The van der Waals surface area contributed by atoms with Gasteiger partial charge in [-0.05, 0) is 43.5 Å². The second kappa shape index (κ2) is 12.1. The molecule has 3 aromatic rings. The largest absolute Gasteiger partial charge is 0.445 e. The molecule has 0 aliphatic rings. The molecule has 0 radical (unpaired) electrons. The lowest BCUT2D eigenvalue weighted by atomic mass is 10.0. The van der Waals surface area contributed by atoms with Gasteiger partial charge in [-0.1, -0.05) is 91.1 Å². The lowest BCUT2D eigenvalue weighted by Gasteiger charge is -2.33. The quantitative estimate of drug-likeness (QED) is 0.419. The molecule has 1 atom stereocenters. The maximum absolute atomic E-state index is 13.3. The van der Waals surface area contributed by atoms with Crippen molar-refractivity contribution in [1.82, 2.24) is 10.6 Å². The molecule has 0 heterocycles. The van der Waals surface area contributed by atoms with Gasteiger partial charge in [0, 0.05) is 12.7 Å². The number of carbonyl (C=O) groups is 2. The van der Waals surface area contributed by atoms with Crippen LogP contribution >= 0.6 is 12.2 Å². The molecule has 0 aliphatic carbocycles. The zero-order chi connectivity index (χ0) is 25.3. The van der Waals surface area contributed by atoms with Gasteiger partial charge >= 0.3 is 6.09 Å². The zero-order valence-corrected chi connectivity index (χ0v) is 21.0. The highest BCUT2D eigenvalue weighted by molar-refractivity contribution is 7.80. The van der Waals surface area contributed by atoms with Crippen molar-refractivity contribution >= 4 is 34.9 Å². The number of anilines is 1. The Labute approximate surface area is 212 Å². The SMILES string of the molecule is CN(C(=O)C(C)(C)NC(=S)[C@H](Cc1ccccc1)NC(=O)OCc1ccccc1)c1ccccc1. The van der Waals surface area contributed by atoms with E-state index in [1.165, 1.54) is 0 Å². The summed E-state index contributed by atoms with van der Waals surface area (Å²) in [4.78, 5) is 27.8. The van der Waals surface area contributed by atoms with Crippen LogP contribution in [0.3, 0.4) is 0 Å². The number of hydrogen-bond acceptors (Lipinski definition) is 4. The first-order valence-electron chi connectivity index (χ1n) is 11.4. The van der Waals surface area contributed by atoms with Gasteiger partial charge in [-0.15, -0.1) is 0 Å². The lowest BCUT2D eigenvalue weighted by Crippen LogP contribution is -2.59. The Morgan fingerprint density at radius 1 is 0.886 bits per heavy atom. The molecule has 0 saturated heterocycles. The Balaban J connectivity index is 1.70. The number of para-hydroxylation sites is 1. The molecule has 0 fully saturated rings. The van der Waals surface area contributed by atoms with Crippen LogP contribution in [0.5, 0.6) is 0 Å². The average Bonchev–Trinajstić information content (AvgIpc) is 2.87. The molecule has 0 bridgehead atoms. The van der Waals surface area contributed by atoms with Crippen molar-refractivity contribution < 1.29 is 14.3 Å². The first-order valence-corrected chi connectivity index (χ1v) is 11.8. The minimum atomic E-state index is -1.01. The Hall–Kier alpha value is -3.71. The van der Waals surface area contributed by atoms with Crippen LogP contribution in [0.25, 0.3) is 0 Å². The van der Waals surface area contributed by atoms with Gasteiger partial charge in [0.15, 0.2) is 0 Å². The fraction of sp³-hybridized carbons (Fsp3) is 0.250. The van der Waals surface area contributed by atoms with E-state index in [-0.39, 0.29) is 12.5 Å². The third kappa shape index (κ3) is 7.65. The molecule has 2 amide bonds. The smallest absolute Gasteiger partial charge is 0.408 e. The predicted octanol–water partition coefficient (Wildman–Crippen LogP) is 4.88. The maximum Gasteiger partial charge on any atom is 0.408 e. The third-order valence-electron chi connectivity index (χ3n) is 5.52. The first kappa shape index (κ1) is 25.9. The number of alkyl carbamates (subject to hydrolysis) is 1. The van der Waals surface area contributed by atoms with E-state index >= 15 is 0 Å². The summed E-state index contributed by atoms with van der Waals surface area (Å²) in [7, 11) is 1.73. The summed E-state index contributed by atoms with van der Waals surface area (Å²) in [5, 5.41) is 6.04. The van der Waals surface area contributed by atoms with Gasteiger partial charge in [-0.25, -0.2) is 4.79 Å². The molecule has 6 nitrogen and oxygen atoms in total. The van der Waals surface area contributed by atoms with Gasteiger partial charge in [0.25, 0.3) is 5.91 Å². The second-order valence-corrected chi connectivity index (χ2v) is 9.20. The monoisotopic (exact) mass is 489 g/mol. The van der Waals surface area contributed by atoms with E-state index in [4.69, 9.17) is 17.0 Å². The first-order chi connectivity index (χ1) is 16.8. The molecule has 2 N–H and O–H groups in total. The van der Waals surface area contributed by atoms with Crippen molar-refractivity contribution in [3.05, 3.63) is 102 Å². The number of amides is 2. The normalized spacial score (nSPS) is 11.7. The van der Waals surface area contributed by atoms with Crippen molar-refractivity contribution in [3.63, 3.8) is 0 Å². The molecular formula is C28H31N3O3S. The van der Waals surface area contributed by atoms with Crippen LogP contribution in [0.2, 0.25) is 0 Å². The van der Waals surface area contributed by atoms with Crippen LogP contribution in [0.4, 0.5) is 10.5 Å². The van der Waals surface area contributed by atoms with E-state index in [0.29, 0.717) is 11.4 Å². The van der Waals surface area contributed by atoms with E-state index in [1.807, 2.05) is 91.0 Å². The van der Waals surface area contributed by atoms with Crippen molar-refractivity contribution in [2.45, 2.75) is 38.5 Å². The van der Waals surface area contributed by atoms with E-state index < -0.39 is 17.7 Å². The Morgan fingerprint density at radius 2 is 1.40 bits per heavy atom. The number of rotatable bonds is 9. The average molecular weight is 490 g/mol. The maximum atomic E-state index is 13.3. The third-order valence-corrected chi connectivity index (χ3v) is 5.91. The van der Waals surface area contributed by atoms with Gasteiger partial charge in [0.2, 0.25) is 0 Å². The molecule has 0 aliphatic heterocycles. The summed E-state index contributed by atoms with van der Waals surface area (Å²) in [6, 6.07) is 28.0. The zero-order valence-electron chi connectivity index (χ0n) is 20.2. The van der Waals surface area contributed by atoms with Crippen LogP contribution in [0, 0.1) is 0 Å². The highest BCUT2D eigenvalue weighted by Crippen LogP contribution is 2.17. The van der Waals surface area contributed by atoms with Crippen LogP contribution in [-0.4, -0.2) is 35.6 Å². The Bertz CT molecular complexity index is 1120. The molecule has 0 aromatic heterocycles. The van der Waals surface area contributed by atoms with E-state index in [1.54, 1.807) is 25.8 Å². The minimum Gasteiger partial charge on any atom is -0.445 e. The molecule has 0 unspecified atom stereocenters. The second-order valence-electron chi connectivity index (χ2n) is 8.76. The van der Waals surface area contributed by atoms with Crippen LogP contribution in [0.1, 0.15) is 25.0 Å². The summed E-state index contributed by atoms with van der Waals surface area (Å²) in [5.41, 5.74) is 1.66. The molecule has 0 spiro atoms. The van der Waals surface area contributed by atoms with Crippen LogP contribution < -0.4 is 15.5 Å². The summed E-state index contributed by atoms with van der Waals surface area (Å²) in [5.74, 6) is -0.156. The number of likely N-dealkylation sites (N-methyl/N-ethyl adjacent to an activating group) is 1. The number of ether oxygens (including phenoxy) is 1. The lowest BCUT2D eigenvalue weighted by molar-refractivity contribution is -0.122. The van der Waals surface area contributed by atoms with Gasteiger partial charge in [-0.3, -0.25) is 4.79 Å². The predicted molar refractivity (Wildman–Crippen MR) is 143 cm³/mol. The molecule has 3 aromatic carbocycles. The van der Waals surface area contributed by atoms with Crippen molar-refractivity contribution in [2.75, 3.05) is 11.9 Å². The van der Waals surface area contributed by atoms with Gasteiger partial charge in [0.1, 0.15) is 12.1 Å². The van der Waals surface area contributed by atoms with E-state index in [2.05, 4.69) is 10.6 Å². The summed E-state index contributed by atoms with van der Waals surface area (Å²) >= 11 is 5.69. The van der Waals surface area contributed by atoms with Gasteiger partial charge < -0.3 is 20.3 Å². The molecule has 182 valence electrons. The van der Waals surface area contributed by atoms with Crippen LogP contribution in [-0.2, 0) is 22.6 Å². The summed E-state index contributed by atoms with van der Waals surface area (Å²) in [6.07, 6.45) is -0.129. The number of carbonyl (C=O) groups excluding carboxylic acids is 2. The van der Waals surface area contributed by atoms with Crippen molar-refractivity contribution in [1.29, 1.82) is 0 Å². The van der Waals surface area contributed by atoms with Gasteiger partial charge in [0.05, 0.1) is 11.0 Å². The highest BCUT2D eigenvalue weighted by atomic mass is 32.1. The number of hydrogen-bond donors (Lipinski definition) is 2. The number of thiocarbonyl (C=S) groups is 1. The Kier molecular flexibility index (Phi) is 8.98. The van der Waals surface area contributed by atoms with E-state index in [9.17, 15) is 9.59 Å². The van der Waals surface area contributed by atoms with Crippen molar-refractivity contribution in [2.24, 2.45) is 0 Å². The molecular weight excluding hydrogens is 458 g/mol. The fourth-order valence-corrected chi connectivity index (χ4v) is 4.00.